The molecule has 172 valence electrons. The molecule has 3 aliphatic rings. The number of fused-ring (bicyclic) bond motifs is 1. The fourth-order valence-electron chi connectivity index (χ4n) is 4.37. The van der Waals surface area contributed by atoms with E-state index in [1.807, 2.05) is 12.3 Å². The van der Waals surface area contributed by atoms with Gasteiger partial charge in [-0.25, -0.2) is 0 Å². The number of benzene rings is 1. The van der Waals surface area contributed by atoms with E-state index in [2.05, 4.69) is 22.5 Å². The van der Waals surface area contributed by atoms with E-state index in [0.717, 1.165) is 30.6 Å². The van der Waals surface area contributed by atoms with E-state index in [9.17, 15) is 24.0 Å². The van der Waals surface area contributed by atoms with Crippen molar-refractivity contribution in [2.45, 2.75) is 58.0 Å². The van der Waals surface area contributed by atoms with Crippen molar-refractivity contribution in [3.05, 3.63) is 46.7 Å². The third kappa shape index (κ3) is 4.48. The van der Waals surface area contributed by atoms with Crippen LogP contribution in [0.25, 0.3) is 0 Å². The van der Waals surface area contributed by atoms with E-state index in [1.54, 1.807) is 12.1 Å². The molecule has 0 bridgehead atoms. The number of carbonyl (C=O) groups excluding carboxylic acids is 5. The van der Waals surface area contributed by atoms with Crippen molar-refractivity contribution in [2.75, 3.05) is 0 Å². The Balaban J connectivity index is 1.45. The molecule has 2 atom stereocenters. The van der Waals surface area contributed by atoms with Crippen molar-refractivity contribution in [3.63, 3.8) is 0 Å². The fourth-order valence-corrected chi connectivity index (χ4v) is 4.37. The minimum atomic E-state index is -1.03. The summed E-state index contributed by atoms with van der Waals surface area (Å²) in [6, 6.07) is 3.80. The summed E-state index contributed by atoms with van der Waals surface area (Å²) in [7, 11) is 0. The number of rotatable bonds is 7. The maximum Gasteiger partial charge on any atom is 0.269 e. The van der Waals surface area contributed by atoms with Gasteiger partial charge in [-0.05, 0) is 36.8 Å². The molecule has 1 aromatic carbocycles. The average Bonchev–Trinajstić information content (AvgIpc) is 3.07. The lowest BCUT2D eigenvalue weighted by atomic mass is 9.97. The van der Waals surface area contributed by atoms with Crippen LogP contribution in [-0.4, -0.2) is 46.7 Å². The van der Waals surface area contributed by atoms with Crippen LogP contribution in [0.15, 0.2) is 35.0 Å². The standard InChI is InChI=1S/C24H26N4O5/c1-2-3-5-14-8-9-17(25-12-14)21(30)26-13-15-6-4-7-16-20(15)24(33)28(23(16)32)18-10-11-19(29)27-22(18)31/h4,6-7,9,12,14,18H,2-3,5,8,10-11,13H2,1H3,(H,26,30)(H,27,29,31). The highest BCUT2D eigenvalue weighted by Crippen LogP contribution is 2.30. The molecule has 9 nitrogen and oxygen atoms in total. The number of carbonyl (C=O) groups is 5. The van der Waals surface area contributed by atoms with Gasteiger partial charge in [-0.3, -0.25) is 39.2 Å². The molecule has 0 aromatic heterocycles. The predicted octanol–water partition coefficient (Wildman–Crippen LogP) is 1.87. The lowest BCUT2D eigenvalue weighted by molar-refractivity contribution is -0.136. The number of hydrogen-bond acceptors (Lipinski definition) is 6. The molecular weight excluding hydrogens is 424 g/mol. The smallest absolute Gasteiger partial charge is 0.269 e. The van der Waals surface area contributed by atoms with E-state index < -0.39 is 29.7 Å². The van der Waals surface area contributed by atoms with Crippen LogP contribution in [0.4, 0.5) is 0 Å². The molecule has 1 fully saturated rings. The molecule has 4 rings (SSSR count). The molecule has 1 aromatic rings. The van der Waals surface area contributed by atoms with Crippen LogP contribution in [0.5, 0.6) is 0 Å². The van der Waals surface area contributed by atoms with Crippen molar-refractivity contribution >= 4 is 35.8 Å². The molecule has 0 saturated carbocycles. The molecule has 33 heavy (non-hydrogen) atoms. The number of unbranched alkanes of at least 4 members (excludes halogenated alkanes) is 1. The number of aliphatic imine (C=N–C) groups is 1. The number of allylic oxidation sites excluding steroid dienone is 1. The van der Waals surface area contributed by atoms with Gasteiger partial charge >= 0.3 is 0 Å². The van der Waals surface area contributed by atoms with Gasteiger partial charge in [0, 0.05) is 19.2 Å². The second-order valence-electron chi connectivity index (χ2n) is 8.48. The Kier molecular flexibility index (Phi) is 6.48. The number of amides is 5. The number of hydrogen-bond donors (Lipinski definition) is 2. The van der Waals surface area contributed by atoms with Gasteiger partial charge in [0.15, 0.2) is 0 Å². The highest BCUT2D eigenvalue weighted by atomic mass is 16.2. The van der Waals surface area contributed by atoms with Crippen molar-refractivity contribution in [3.8, 4) is 0 Å². The monoisotopic (exact) mass is 450 g/mol. The first-order valence-electron chi connectivity index (χ1n) is 11.3. The number of nitrogens with one attached hydrogen (secondary N) is 2. The summed E-state index contributed by atoms with van der Waals surface area (Å²) < 4.78 is 0. The molecule has 1 saturated heterocycles. The number of imide groups is 2. The molecule has 2 N–H and O–H groups in total. The molecule has 0 spiro atoms. The van der Waals surface area contributed by atoms with Gasteiger partial charge in [-0.1, -0.05) is 38.0 Å². The summed E-state index contributed by atoms with van der Waals surface area (Å²) in [6.45, 7) is 2.17. The summed E-state index contributed by atoms with van der Waals surface area (Å²) in [5, 5.41) is 4.95. The Morgan fingerprint density at radius 1 is 1.21 bits per heavy atom. The zero-order chi connectivity index (χ0) is 23.5. The minimum absolute atomic E-state index is 0.0380. The Morgan fingerprint density at radius 3 is 2.73 bits per heavy atom. The number of nitrogens with zero attached hydrogens (tertiary/aromatic N) is 2. The highest BCUT2D eigenvalue weighted by Gasteiger charge is 2.45. The summed E-state index contributed by atoms with van der Waals surface area (Å²) >= 11 is 0. The average molecular weight is 450 g/mol. The molecule has 0 radical (unpaired) electrons. The molecule has 2 unspecified atom stereocenters. The Bertz CT molecular complexity index is 1090. The van der Waals surface area contributed by atoms with E-state index >= 15 is 0 Å². The van der Waals surface area contributed by atoms with Crippen LogP contribution in [0.3, 0.4) is 0 Å². The van der Waals surface area contributed by atoms with Crippen LogP contribution in [-0.2, 0) is 20.9 Å². The zero-order valence-corrected chi connectivity index (χ0v) is 18.4. The summed E-state index contributed by atoms with van der Waals surface area (Å²) in [5.74, 6) is -2.25. The molecule has 0 aliphatic carbocycles. The SMILES string of the molecule is CCCCC1C=NC(C(=O)NCc2cccc3c2C(=O)N(C2CCC(=O)NC2=O)C3=O)=CC1. The quantitative estimate of drug-likeness (QED) is 0.614. The van der Waals surface area contributed by atoms with E-state index in [4.69, 9.17) is 0 Å². The number of piperidine rings is 1. The highest BCUT2D eigenvalue weighted by molar-refractivity contribution is 6.24. The normalized spacial score (nSPS) is 22.2. The minimum Gasteiger partial charge on any atom is -0.347 e. The molecular formula is C24H26N4O5. The van der Waals surface area contributed by atoms with Gasteiger partial charge in [0.25, 0.3) is 17.7 Å². The van der Waals surface area contributed by atoms with Crippen LogP contribution in [0.2, 0.25) is 0 Å². The molecule has 3 aliphatic heterocycles. The first-order chi connectivity index (χ1) is 15.9. The van der Waals surface area contributed by atoms with Crippen molar-refractivity contribution in [2.24, 2.45) is 10.9 Å². The first-order valence-corrected chi connectivity index (χ1v) is 11.3. The van der Waals surface area contributed by atoms with Gasteiger partial charge in [-0.15, -0.1) is 0 Å². The van der Waals surface area contributed by atoms with Gasteiger partial charge in [0.2, 0.25) is 11.8 Å². The predicted molar refractivity (Wildman–Crippen MR) is 119 cm³/mol. The van der Waals surface area contributed by atoms with Crippen LogP contribution in [0.1, 0.15) is 71.7 Å². The summed E-state index contributed by atoms with van der Waals surface area (Å²) in [5.41, 5.74) is 1.18. The van der Waals surface area contributed by atoms with E-state index in [0.29, 0.717) is 17.2 Å². The van der Waals surface area contributed by atoms with Crippen LogP contribution < -0.4 is 10.6 Å². The Hall–Kier alpha value is -3.62. The largest absolute Gasteiger partial charge is 0.347 e. The second-order valence-corrected chi connectivity index (χ2v) is 8.48. The van der Waals surface area contributed by atoms with Crippen molar-refractivity contribution in [1.29, 1.82) is 0 Å². The second kappa shape index (κ2) is 9.48. The van der Waals surface area contributed by atoms with E-state index in [-0.39, 0.29) is 36.4 Å². The van der Waals surface area contributed by atoms with Crippen LogP contribution >= 0.6 is 0 Å². The molecule has 5 amide bonds. The molecule has 3 heterocycles. The molecule has 9 heteroatoms. The van der Waals surface area contributed by atoms with Gasteiger partial charge < -0.3 is 5.32 Å². The van der Waals surface area contributed by atoms with Crippen molar-refractivity contribution in [1.82, 2.24) is 15.5 Å². The van der Waals surface area contributed by atoms with Gasteiger partial charge in [0.1, 0.15) is 11.7 Å². The lowest BCUT2D eigenvalue weighted by Gasteiger charge is -2.27. The van der Waals surface area contributed by atoms with Gasteiger partial charge in [-0.2, -0.15) is 0 Å². The summed E-state index contributed by atoms with van der Waals surface area (Å²) in [6.07, 6.45) is 7.84. The van der Waals surface area contributed by atoms with E-state index in [1.165, 1.54) is 6.07 Å². The van der Waals surface area contributed by atoms with Crippen molar-refractivity contribution < 1.29 is 24.0 Å². The van der Waals surface area contributed by atoms with Crippen LogP contribution in [0, 0.1) is 5.92 Å². The summed E-state index contributed by atoms with van der Waals surface area (Å²) in [4.78, 5) is 67.5. The van der Waals surface area contributed by atoms with Gasteiger partial charge in [0.05, 0.1) is 11.1 Å². The Morgan fingerprint density at radius 2 is 2.03 bits per heavy atom. The third-order valence-electron chi connectivity index (χ3n) is 6.19. The third-order valence-corrected chi connectivity index (χ3v) is 6.19. The topological polar surface area (TPSA) is 125 Å². The zero-order valence-electron chi connectivity index (χ0n) is 18.4. The maximum absolute atomic E-state index is 13.1. The Labute approximate surface area is 191 Å². The fraction of sp³-hybridized carbons (Fsp3) is 0.417. The maximum atomic E-state index is 13.1. The first kappa shape index (κ1) is 22.6. The lowest BCUT2D eigenvalue weighted by Crippen LogP contribution is -2.54.